The topological polar surface area (TPSA) is 55.4 Å². The van der Waals surface area contributed by atoms with Gasteiger partial charge in [0.15, 0.2) is 0 Å². The first-order chi connectivity index (χ1) is 8.45. The second-order valence-corrected chi connectivity index (χ2v) is 5.53. The molecule has 0 aromatic carbocycles. The van der Waals surface area contributed by atoms with Crippen molar-refractivity contribution in [3.63, 3.8) is 0 Å². The minimum Gasteiger partial charge on any atom is -0.467 e. The molecule has 0 spiro atoms. The predicted molar refractivity (Wildman–Crippen MR) is 71.8 cm³/mol. The van der Waals surface area contributed by atoms with E-state index in [1.807, 2.05) is 32.2 Å². The molecule has 0 fully saturated rings. The summed E-state index contributed by atoms with van der Waals surface area (Å²) in [5, 5.41) is 4.60. The summed E-state index contributed by atoms with van der Waals surface area (Å²) in [4.78, 5) is 24.3. The molecule has 1 aromatic heterocycles. The number of carbonyl (C=O) groups is 2. The van der Waals surface area contributed by atoms with E-state index in [4.69, 9.17) is 4.74 Å². The molecule has 1 atom stereocenters. The maximum absolute atomic E-state index is 12.0. The summed E-state index contributed by atoms with van der Waals surface area (Å²) in [6.45, 7) is 5.87. The lowest BCUT2D eigenvalue weighted by Gasteiger charge is -2.18. The molecule has 1 rings (SSSR count). The van der Waals surface area contributed by atoms with Crippen molar-refractivity contribution in [3.8, 4) is 0 Å². The number of amides is 1. The van der Waals surface area contributed by atoms with Gasteiger partial charge in [0, 0.05) is 0 Å². The van der Waals surface area contributed by atoms with Gasteiger partial charge in [-0.2, -0.15) is 0 Å². The maximum Gasteiger partial charge on any atom is 0.328 e. The standard InChI is InChI=1S/C13H19NO3S/c1-8(2)7-10(13(16)17-4)14-12(15)11-9(3)5-6-18-11/h5-6,8,10H,7H2,1-4H3,(H,14,15)/t10-/m1/s1. The summed E-state index contributed by atoms with van der Waals surface area (Å²) in [6, 6.07) is 1.30. The third-order valence-corrected chi connectivity index (χ3v) is 3.58. The lowest BCUT2D eigenvalue weighted by molar-refractivity contribution is -0.143. The Kier molecular flexibility index (Phi) is 5.34. The van der Waals surface area contributed by atoms with Gasteiger partial charge in [0.25, 0.3) is 5.91 Å². The van der Waals surface area contributed by atoms with Crippen molar-refractivity contribution in [2.24, 2.45) is 5.92 Å². The molecule has 5 heteroatoms. The number of carbonyl (C=O) groups excluding carboxylic acids is 2. The second kappa shape index (κ2) is 6.54. The first-order valence-corrected chi connectivity index (χ1v) is 6.76. The molecule has 0 radical (unpaired) electrons. The van der Waals surface area contributed by atoms with Crippen LogP contribution < -0.4 is 5.32 Å². The number of aryl methyl sites for hydroxylation is 1. The van der Waals surface area contributed by atoms with E-state index >= 15 is 0 Å². The molecule has 0 aliphatic heterocycles. The first-order valence-electron chi connectivity index (χ1n) is 5.88. The van der Waals surface area contributed by atoms with Crippen LogP contribution in [0.4, 0.5) is 0 Å². The summed E-state index contributed by atoms with van der Waals surface area (Å²) < 4.78 is 4.71. The number of nitrogens with one attached hydrogen (secondary N) is 1. The van der Waals surface area contributed by atoms with Crippen molar-refractivity contribution >= 4 is 23.2 Å². The fraction of sp³-hybridized carbons (Fsp3) is 0.538. The number of hydrogen-bond donors (Lipinski definition) is 1. The van der Waals surface area contributed by atoms with Gasteiger partial charge in [0.2, 0.25) is 0 Å². The highest BCUT2D eigenvalue weighted by Gasteiger charge is 2.24. The van der Waals surface area contributed by atoms with Crippen LogP contribution >= 0.6 is 11.3 Å². The Morgan fingerprint density at radius 3 is 2.56 bits per heavy atom. The quantitative estimate of drug-likeness (QED) is 0.835. The van der Waals surface area contributed by atoms with E-state index in [9.17, 15) is 9.59 Å². The van der Waals surface area contributed by atoms with Gasteiger partial charge in [-0.3, -0.25) is 4.79 Å². The molecule has 0 unspecified atom stereocenters. The van der Waals surface area contributed by atoms with Gasteiger partial charge < -0.3 is 10.1 Å². The van der Waals surface area contributed by atoms with E-state index in [2.05, 4.69) is 5.32 Å². The number of esters is 1. The molecular weight excluding hydrogens is 250 g/mol. The summed E-state index contributed by atoms with van der Waals surface area (Å²) in [7, 11) is 1.33. The summed E-state index contributed by atoms with van der Waals surface area (Å²) in [5.74, 6) is -0.302. The van der Waals surface area contributed by atoms with Gasteiger partial charge in [-0.15, -0.1) is 11.3 Å². The van der Waals surface area contributed by atoms with Gasteiger partial charge in [0.1, 0.15) is 6.04 Å². The van der Waals surface area contributed by atoms with Gasteiger partial charge in [-0.05, 0) is 36.3 Å². The van der Waals surface area contributed by atoms with Crippen LogP contribution in [-0.2, 0) is 9.53 Å². The van der Waals surface area contributed by atoms with Crippen LogP contribution in [0.25, 0.3) is 0 Å². The zero-order valence-corrected chi connectivity index (χ0v) is 12.0. The highest BCUT2D eigenvalue weighted by molar-refractivity contribution is 7.12. The molecule has 0 aliphatic carbocycles. The number of thiophene rings is 1. The smallest absolute Gasteiger partial charge is 0.328 e. The van der Waals surface area contributed by atoms with Crippen LogP contribution in [0.15, 0.2) is 11.4 Å². The van der Waals surface area contributed by atoms with E-state index in [-0.39, 0.29) is 5.91 Å². The average Bonchev–Trinajstić information content (AvgIpc) is 2.73. The molecule has 4 nitrogen and oxygen atoms in total. The van der Waals surface area contributed by atoms with Crippen molar-refractivity contribution < 1.29 is 14.3 Å². The van der Waals surface area contributed by atoms with Crippen molar-refractivity contribution in [2.75, 3.05) is 7.11 Å². The molecule has 1 N–H and O–H groups in total. The Hall–Kier alpha value is -1.36. The summed E-state index contributed by atoms with van der Waals surface area (Å²) >= 11 is 1.37. The maximum atomic E-state index is 12.0. The first kappa shape index (κ1) is 14.7. The largest absolute Gasteiger partial charge is 0.467 e. The Morgan fingerprint density at radius 2 is 2.11 bits per heavy atom. The molecule has 1 amide bonds. The number of hydrogen-bond acceptors (Lipinski definition) is 4. The van der Waals surface area contributed by atoms with Crippen molar-refractivity contribution in [2.45, 2.75) is 33.2 Å². The van der Waals surface area contributed by atoms with E-state index in [0.717, 1.165) is 5.56 Å². The third kappa shape index (κ3) is 3.84. The minimum atomic E-state index is -0.580. The van der Waals surface area contributed by atoms with Crippen LogP contribution in [0.2, 0.25) is 0 Å². The Balaban J connectivity index is 2.74. The molecular formula is C13H19NO3S. The normalized spacial score (nSPS) is 12.3. The van der Waals surface area contributed by atoms with Crippen LogP contribution in [0.5, 0.6) is 0 Å². The number of rotatable bonds is 5. The van der Waals surface area contributed by atoms with Crippen molar-refractivity contribution in [1.82, 2.24) is 5.32 Å². The zero-order valence-electron chi connectivity index (χ0n) is 11.1. The van der Waals surface area contributed by atoms with Gasteiger partial charge >= 0.3 is 5.97 Å². The molecule has 100 valence electrons. The zero-order chi connectivity index (χ0) is 13.7. The van der Waals surface area contributed by atoms with Gasteiger partial charge in [-0.1, -0.05) is 13.8 Å². The lowest BCUT2D eigenvalue weighted by atomic mass is 10.0. The highest BCUT2D eigenvalue weighted by Crippen LogP contribution is 2.16. The molecule has 0 saturated heterocycles. The van der Waals surface area contributed by atoms with E-state index in [1.165, 1.54) is 18.4 Å². The van der Waals surface area contributed by atoms with E-state index in [0.29, 0.717) is 17.2 Å². The number of ether oxygens (including phenoxy) is 1. The summed E-state index contributed by atoms with van der Waals surface area (Å²) in [5.41, 5.74) is 0.922. The van der Waals surface area contributed by atoms with Crippen LogP contribution in [0.1, 0.15) is 35.5 Å². The third-order valence-electron chi connectivity index (χ3n) is 2.57. The predicted octanol–water partition coefficient (Wildman–Crippen LogP) is 2.37. The fourth-order valence-electron chi connectivity index (χ4n) is 1.66. The highest BCUT2D eigenvalue weighted by atomic mass is 32.1. The fourth-order valence-corrected chi connectivity index (χ4v) is 2.49. The summed E-state index contributed by atoms with van der Waals surface area (Å²) in [6.07, 6.45) is 0.572. The average molecular weight is 269 g/mol. The van der Waals surface area contributed by atoms with Crippen LogP contribution in [0, 0.1) is 12.8 Å². The van der Waals surface area contributed by atoms with Crippen molar-refractivity contribution in [1.29, 1.82) is 0 Å². The van der Waals surface area contributed by atoms with E-state index < -0.39 is 12.0 Å². The molecule has 18 heavy (non-hydrogen) atoms. The lowest BCUT2D eigenvalue weighted by Crippen LogP contribution is -2.42. The molecule has 0 saturated carbocycles. The SMILES string of the molecule is COC(=O)[C@@H](CC(C)C)NC(=O)c1sccc1C. The van der Waals surface area contributed by atoms with Gasteiger partial charge in [0.05, 0.1) is 12.0 Å². The number of methoxy groups -OCH3 is 1. The molecule has 1 aromatic rings. The molecule has 0 bridgehead atoms. The Labute approximate surface area is 111 Å². The molecule has 0 aliphatic rings. The van der Waals surface area contributed by atoms with Gasteiger partial charge in [-0.25, -0.2) is 4.79 Å². The Bertz CT molecular complexity index is 426. The van der Waals surface area contributed by atoms with Crippen LogP contribution in [0.3, 0.4) is 0 Å². The van der Waals surface area contributed by atoms with E-state index in [1.54, 1.807) is 0 Å². The van der Waals surface area contributed by atoms with Crippen molar-refractivity contribution in [3.05, 3.63) is 21.9 Å². The second-order valence-electron chi connectivity index (χ2n) is 4.61. The van der Waals surface area contributed by atoms with Crippen LogP contribution in [-0.4, -0.2) is 25.0 Å². The molecule has 1 heterocycles. The minimum absolute atomic E-state index is 0.210. The monoisotopic (exact) mass is 269 g/mol. The Morgan fingerprint density at radius 1 is 1.44 bits per heavy atom.